The topological polar surface area (TPSA) is 96.7 Å². The number of hydrogen-bond acceptors (Lipinski definition) is 4. The Kier molecular flexibility index (Phi) is 3.06. The summed E-state index contributed by atoms with van der Waals surface area (Å²) in [6, 6.07) is 2.37. The zero-order chi connectivity index (χ0) is 13.2. The van der Waals surface area contributed by atoms with E-state index < -0.39 is 5.91 Å². The highest BCUT2D eigenvalue weighted by atomic mass is 16.1. The van der Waals surface area contributed by atoms with Gasteiger partial charge in [0.15, 0.2) is 11.5 Å². The zero-order valence-electron chi connectivity index (χ0n) is 10.6. The van der Waals surface area contributed by atoms with Crippen LogP contribution in [0.3, 0.4) is 0 Å². The number of imidazole rings is 1. The number of amides is 1. The highest BCUT2D eigenvalue weighted by Crippen LogP contribution is 2.25. The third-order valence-corrected chi connectivity index (χ3v) is 3.58. The van der Waals surface area contributed by atoms with Gasteiger partial charge in [-0.15, -0.1) is 0 Å². The van der Waals surface area contributed by atoms with E-state index in [9.17, 15) is 4.79 Å². The van der Waals surface area contributed by atoms with Gasteiger partial charge < -0.3 is 16.0 Å². The van der Waals surface area contributed by atoms with Gasteiger partial charge in [-0.05, 0) is 18.9 Å². The van der Waals surface area contributed by atoms with Gasteiger partial charge in [-0.1, -0.05) is 19.3 Å². The number of aromatic nitrogens is 3. The van der Waals surface area contributed by atoms with Gasteiger partial charge in [-0.2, -0.15) is 0 Å². The molecule has 2 heterocycles. The Morgan fingerprint density at radius 3 is 2.89 bits per heavy atom. The number of pyridine rings is 1. The van der Waals surface area contributed by atoms with Crippen molar-refractivity contribution in [1.82, 2.24) is 15.0 Å². The number of carbonyl (C=O) groups is 1. The van der Waals surface area contributed by atoms with E-state index in [2.05, 4.69) is 20.3 Å². The number of rotatable bonds is 3. The molecule has 1 saturated carbocycles. The van der Waals surface area contributed by atoms with Crippen LogP contribution in [0.25, 0.3) is 11.2 Å². The van der Waals surface area contributed by atoms with Gasteiger partial charge in [-0.25, -0.2) is 9.97 Å². The van der Waals surface area contributed by atoms with Gasteiger partial charge in [0.1, 0.15) is 5.52 Å². The van der Waals surface area contributed by atoms with E-state index in [1.54, 1.807) is 6.20 Å². The summed E-state index contributed by atoms with van der Waals surface area (Å²) in [6.45, 7) is 0. The minimum Gasteiger partial charge on any atom is -0.380 e. The molecule has 0 aromatic carbocycles. The third kappa shape index (κ3) is 2.38. The lowest BCUT2D eigenvalue weighted by molar-refractivity contribution is 0.0991. The third-order valence-electron chi connectivity index (χ3n) is 3.58. The summed E-state index contributed by atoms with van der Waals surface area (Å²) in [6.07, 6.45) is 7.90. The molecule has 1 fully saturated rings. The number of fused-ring (bicyclic) bond motifs is 1. The quantitative estimate of drug-likeness (QED) is 0.783. The predicted octanol–water partition coefficient (Wildman–Crippen LogP) is 1.80. The second-order valence-corrected chi connectivity index (χ2v) is 4.98. The summed E-state index contributed by atoms with van der Waals surface area (Å²) in [5.74, 6) is -0.415. The highest BCUT2D eigenvalue weighted by molar-refractivity contribution is 5.95. The van der Waals surface area contributed by atoms with Crippen LogP contribution in [0.5, 0.6) is 0 Å². The van der Waals surface area contributed by atoms with Gasteiger partial charge in [-0.3, -0.25) is 4.79 Å². The molecule has 1 aliphatic rings. The Morgan fingerprint density at radius 2 is 2.16 bits per heavy atom. The first-order chi connectivity index (χ1) is 9.24. The van der Waals surface area contributed by atoms with Gasteiger partial charge in [0.05, 0.1) is 5.69 Å². The number of hydrogen-bond donors (Lipinski definition) is 3. The lowest BCUT2D eigenvalue weighted by atomic mass is 9.95. The second-order valence-electron chi connectivity index (χ2n) is 4.98. The maximum atomic E-state index is 11.2. The van der Waals surface area contributed by atoms with Gasteiger partial charge in [0.25, 0.3) is 5.91 Å². The average molecular weight is 259 g/mol. The number of primary amides is 1. The van der Waals surface area contributed by atoms with Gasteiger partial charge in [0.2, 0.25) is 0 Å². The Balaban J connectivity index is 1.91. The molecule has 0 saturated heterocycles. The molecule has 0 aliphatic heterocycles. The van der Waals surface area contributed by atoms with Crippen molar-refractivity contribution in [2.24, 2.45) is 5.73 Å². The molecule has 100 valence electrons. The average Bonchev–Trinajstić information content (AvgIpc) is 2.85. The zero-order valence-corrected chi connectivity index (χ0v) is 10.6. The summed E-state index contributed by atoms with van der Waals surface area (Å²) in [5, 5.41) is 3.50. The summed E-state index contributed by atoms with van der Waals surface area (Å²) in [4.78, 5) is 22.4. The number of anilines is 1. The van der Waals surface area contributed by atoms with Crippen molar-refractivity contribution in [2.45, 2.75) is 38.1 Å². The molecule has 0 unspecified atom stereocenters. The molecular formula is C13H17N5O. The van der Waals surface area contributed by atoms with Crippen LogP contribution in [0.1, 0.15) is 42.7 Å². The first-order valence-electron chi connectivity index (χ1n) is 6.65. The SMILES string of the molecule is NC(=O)c1nc2c(NC3CCCCC3)ccnc2[nH]1. The van der Waals surface area contributed by atoms with Crippen LogP contribution in [-0.4, -0.2) is 26.9 Å². The van der Waals surface area contributed by atoms with E-state index in [-0.39, 0.29) is 5.82 Å². The van der Waals surface area contributed by atoms with Crippen LogP contribution in [0.15, 0.2) is 12.3 Å². The number of nitrogens with one attached hydrogen (secondary N) is 2. The predicted molar refractivity (Wildman–Crippen MR) is 72.9 cm³/mol. The molecule has 6 nitrogen and oxygen atoms in total. The Bertz CT molecular complexity index is 600. The van der Waals surface area contributed by atoms with E-state index >= 15 is 0 Å². The van der Waals surface area contributed by atoms with Crippen LogP contribution in [0, 0.1) is 0 Å². The van der Waals surface area contributed by atoms with Crippen molar-refractivity contribution in [1.29, 1.82) is 0 Å². The van der Waals surface area contributed by atoms with Gasteiger partial charge in [0, 0.05) is 12.2 Å². The Morgan fingerprint density at radius 1 is 1.37 bits per heavy atom. The van der Waals surface area contributed by atoms with E-state index in [1.807, 2.05) is 6.07 Å². The largest absolute Gasteiger partial charge is 0.380 e. The number of H-pyrrole nitrogens is 1. The lowest BCUT2D eigenvalue weighted by Crippen LogP contribution is -2.22. The fourth-order valence-corrected chi connectivity index (χ4v) is 2.61. The van der Waals surface area contributed by atoms with Crippen LogP contribution in [-0.2, 0) is 0 Å². The van der Waals surface area contributed by atoms with Crippen LogP contribution in [0.2, 0.25) is 0 Å². The number of aromatic amines is 1. The molecule has 2 aromatic rings. The molecule has 19 heavy (non-hydrogen) atoms. The Labute approximate surface area is 110 Å². The van der Waals surface area contributed by atoms with Crippen LogP contribution in [0.4, 0.5) is 5.69 Å². The number of nitrogens with two attached hydrogens (primary N) is 1. The molecule has 0 atom stereocenters. The van der Waals surface area contributed by atoms with E-state index in [4.69, 9.17) is 5.73 Å². The summed E-state index contributed by atoms with van der Waals surface area (Å²) >= 11 is 0. The molecular weight excluding hydrogens is 242 g/mol. The first kappa shape index (κ1) is 12.0. The van der Waals surface area contributed by atoms with Crippen LogP contribution >= 0.6 is 0 Å². The number of nitrogens with zero attached hydrogens (tertiary/aromatic N) is 2. The Hall–Kier alpha value is -2.11. The van der Waals surface area contributed by atoms with Gasteiger partial charge >= 0.3 is 0 Å². The maximum Gasteiger partial charge on any atom is 0.284 e. The monoisotopic (exact) mass is 259 g/mol. The fraction of sp³-hybridized carbons (Fsp3) is 0.462. The van der Waals surface area contributed by atoms with Crippen molar-refractivity contribution in [3.63, 3.8) is 0 Å². The number of carbonyl (C=O) groups excluding carboxylic acids is 1. The first-order valence-corrected chi connectivity index (χ1v) is 6.65. The van der Waals surface area contributed by atoms with Crippen molar-refractivity contribution >= 4 is 22.8 Å². The van der Waals surface area contributed by atoms with E-state index in [0.717, 1.165) is 5.69 Å². The molecule has 0 radical (unpaired) electrons. The van der Waals surface area contributed by atoms with Crippen molar-refractivity contribution < 1.29 is 4.79 Å². The minimum atomic E-state index is -0.568. The van der Waals surface area contributed by atoms with E-state index in [0.29, 0.717) is 17.2 Å². The smallest absolute Gasteiger partial charge is 0.284 e. The fourth-order valence-electron chi connectivity index (χ4n) is 2.61. The maximum absolute atomic E-state index is 11.2. The minimum absolute atomic E-state index is 0.153. The van der Waals surface area contributed by atoms with Crippen molar-refractivity contribution in [3.05, 3.63) is 18.1 Å². The van der Waals surface area contributed by atoms with Crippen LogP contribution < -0.4 is 11.1 Å². The molecule has 1 aliphatic carbocycles. The molecule has 6 heteroatoms. The molecule has 3 rings (SSSR count). The summed E-state index contributed by atoms with van der Waals surface area (Å²) < 4.78 is 0. The molecule has 2 aromatic heterocycles. The molecule has 1 amide bonds. The molecule has 0 bridgehead atoms. The summed E-state index contributed by atoms with van der Waals surface area (Å²) in [5.41, 5.74) is 7.42. The normalized spacial score (nSPS) is 16.6. The van der Waals surface area contributed by atoms with Crippen molar-refractivity contribution in [3.8, 4) is 0 Å². The highest BCUT2D eigenvalue weighted by Gasteiger charge is 2.16. The van der Waals surface area contributed by atoms with Crippen molar-refractivity contribution in [2.75, 3.05) is 5.32 Å². The second kappa shape index (κ2) is 4.87. The van der Waals surface area contributed by atoms with E-state index in [1.165, 1.54) is 32.1 Å². The summed E-state index contributed by atoms with van der Waals surface area (Å²) in [7, 11) is 0. The standard InChI is InChI=1S/C13H17N5O/c14-11(19)13-17-10-9(6-7-15-12(10)18-13)16-8-4-2-1-3-5-8/h6-8H,1-5H2,(H2,14,19)(H2,15,16,17,18). The molecule has 0 spiro atoms. The lowest BCUT2D eigenvalue weighted by Gasteiger charge is -2.23. The molecule has 4 N–H and O–H groups in total.